The van der Waals surface area contributed by atoms with Crippen LogP contribution in [0.15, 0.2) is 37.2 Å². The smallest absolute Gasteiger partial charge is 0.230 e. The van der Waals surface area contributed by atoms with E-state index >= 15 is 0 Å². The van der Waals surface area contributed by atoms with Gasteiger partial charge in [0.2, 0.25) is 5.95 Å². The molecule has 6 rings (SSSR count). The average Bonchev–Trinajstić information content (AvgIpc) is 3.20. The van der Waals surface area contributed by atoms with Crippen LogP contribution in [0.2, 0.25) is 0 Å². The molecule has 3 aliphatic rings. The lowest BCUT2D eigenvalue weighted by Gasteiger charge is -2.39. The van der Waals surface area contributed by atoms with Gasteiger partial charge in [-0.3, -0.25) is 0 Å². The summed E-state index contributed by atoms with van der Waals surface area (Å²) in [7, 11) is 2.17. The molecule has 5 heterocycles. The molecule has 8 nitrogen and oxygen atoms in total. The molecule has 2 atom stereocenters. The number of anilines is 3. The van der Waals surface area contributed by atoms with Crippen LogP contribution in [-0.2, 0) is 0 Å². The number of hydrogen-bond acceptors (Lipinski definition) is 7. The van der Waals surface area contributed by atoms with Gasteiger partial charge in [-0.05, 0) is 38.1 Å². The van der Waals surface area contributed by atoms with E-state index in [4.69, 9.17) is 4.98 Å². The first-order chi connectivity index (χ1) is 15.7. The van der Waals surface area contributed by atoms with E-state index in [-0.39, 0.29) is 0 Å². The standard InChI is InChI=1S/C24H30N8/c1-16-21-13-17-14-26-24(29-23(17)32(21)20-6-4-3-5-19(20)27-16)28-22-8-7-18(15-25-22)31-11-9-30(2)10-12-31/h7-8,13-15,19-20,27H,1,3-6,9-12H2,2H3,(H,25,26,28,29). The summed E-state index contributed by atoms with van der Waals surface area (Å²) < 4.78 is 2.38. The molecule has 166 valence electrons. The third-order valence-electron chi connectivity index (χ3n) is 7.16. The maximum atomic E-state index is 4.91. The van der Waals surface area contributed by atoms with Crippen LogP contribution in [0.1, 0.15) is 37.4 Å². The molecule has 1 saturated carbocycles. The molecule has 2 N–H and O–H groups in total. The molecule has 1 aliphatic carbocycles. The van der Waals surface area contributed by atoms with Crippen molar-refractivity contribution in [1.82, 2.24) is 29.7 Å². The van der Waals surface area contributed by atoms with Gasteiger partial charge in [-0.25, -0.2) is 9.97 Å². The van der Waals surface area contributed by atoms with Crippen LogP contribution in [0.25, 0.3) is 16.7 Å². The van der Waals surface area contributed by atoms with E-state index in [1.165, 1.54) is 25.7 Å². The third kappa shape index (κ3) is 3.39. The predicted molar refractivity (Wildman–Crippen MR) is 128 cm³/mol. The van der Waals surface area contributed by atoms with Crippen molar-refractivity contribution in [3.63, 3.8) is 0 Å². The maximum Gasteiger partial charge on any atom is 0.230 e. The zero-order valence-electron chi connectivity index (χ0n) is 18.6. The fourth-order valence-corrected chi connectivity index (χ4v) is 5.35. The van der Waals surface area contributed by atoms with Crippen LogP contribution in [0.5, 0.6) is 0 Å². The molecule has 0 spiro atoms. The Hall–Kier alpha value is -3.13. The van der Waals surface area contributed by atoms with Crippen LogP contribution in [0.3, 0.4) is 0 Å². The minimum atomic E-state index is 0.422. The van der Waals surface area contributed by atoms with Crippen molar-refractivity contribution >= 4 is 34.2 Å². The van der Waals surface area contributed by atoms with E-state index in [1.54, 1.807) is 0 Å². The number of fused-ring (bicyclic) bond motifs is 5. The fraction of sp³-hybridized carbons (Fsp3) is 0.458. The second-order valence-electron chi connectivity index (χ2n) is 9.27. The summed E-state index contributed by atoms with van der Waals surface area (Å²) in [4.78, 5) is 18.8. The number of likely N-dealkylation sites (N-methyl/N-ethyl adjacent to an activating group) is 1. The highest BCUT2D eigenvalue weighted by molar-refractivity contribution is 5.83. The van der Waals surface area contributed by atoms with Crippen molar-refractivity contribution in [3.05, 3.63) is 42.9 Å². The van der Waals surface area contributed by atoms with Crippen molar-refractivity contribution in [1.29, 1.82) is 0 Å². The normalized spacial score (nSPS) is 23.5. The summed E-state index contributed by atoms with van der Waals surface area (Å²) in [5.41, 5.74) is 4.26. The minimum Gasteiger partial charge on any atom is -0.379 e. The van der Waals surface area contributed by atoms with Gasteiger partial charge in [0.25, 0.3) is 0 Å². The molecule has 0 aromatic carbocycles. The van der Waals surface area contributed by atoms with Crippen molar-refractivity contribution in [2.75, 3.05) is 43.4 Å². The lowest BCUT2D eigenvalue weighted by molar-refractivity contribution is 0.274. The van der Waals surface area contributed by atoms with Gasteiger partial charge in [0.15, 0.2) is 0 Å². The van der Waals surface area contributed by atoms with Gasteiger partial charge in [-0.15, -0.1) is 0 Å². The molecule has 3 aromatic rings. The number of nitrogens with zero attached hydrogens (tertiary/aromatic N) is 6. The van der Waals surface area contributed by atoms with Gasteiger partial charge in [0.05, 0.1) is 29.3 Å². The molecule has 0 amide bonds. The number of hydrogen-bond donors (Lipinski definition) is 2. The van der Waals surface area contributed by atoms with Gasteiger partial charge in [0.1, 0.15) is 11.5 Å². The van der Waals surface area contributed by atoms with E-state index in [9.17, 15) is 0 Å². The van der Waals surface area contributed by atoms with Crippen LogP contribution >= 0.6 is 0 Å². The minimum absolute atomic E-state index is 0.422. The van der Waals surface area contributed by atoms with Crippen molar-refractivity contribution in [2.45, 2.75) is 37.8 Å². The van der Waals surface area contributed by atoms with Gasteiger partial charge < -0.3 is 25.0 Å². The SMILES string of the molecule is C=C1NC2CCCCC2n2c1cc1cnc(Nc3ccc(N4CCN(C)CC4)cn3)nc12. The van der Waals surface area contributed by atoms with E-state index in [0.717, 1.165) is 60.1 Å². The Balaban J connectivity index is 1.26. The third-order valence-corrected chi connectivity index (χ3v) is 7.16. The monoisotopic (exact) mass is 430 g/mol. The maximum absolute atomic E-state index is 4.91. The van der Waals surface area contributed by atoms with E-state index in [2.05, 4.69) is 60.7 Å². The Morgan fingerprint density at radius 2 is 1.91 bits per heavy atom. The number of aromatic nitrogens is 4. The average molecular weight is 431 g/mol. The molecule has 3 aromatic heterocycles. The van der Waals surface area contributed by atoms with Gasteiger partial charge in [-0.1, -0.05) is 19.4 Å². The second kappa shape index (κ2) is 7.78. The molecule has 2 aliphatic heterocycles. The van der Waals surface area contributed by atoms with Crippen LogP contribution in [-0.4, -0.2) is 63.7 Å². The lowest BCUT2D eigenvalue weighted by atomic mass is 9.88. The summed E-state index contributed by atoms with van der Waals surface area (Å²) in [5, 5.41) is 7.98. The Labute approximate surface area is 188 Å². The summed E-state index contributed by atoms with van der Waals surface area (Å²) in [6.45, 7) is 8.50. The van der Waals surface area contributed by atoms with Crippen LogP contribution in [0, 0.1) is 0 Å². The quantitative estimate of drug-likeness (QED) is 0.660. The predicted octanol–water partition coefficient (Wildman–Crippen LogP) is 3.38. The Bertz CT molecular complexity index is 1140. The van der Waals surface area contributed by atoms with Crippen LogP contribution < -0.4 is 15.5 Å². The summed E-state index contributed by atoms with van der Waals surface area (Å²) >= 11 is 0. The van der Waals surface area contributed by atoms with E-state index in [0.29, 0.717) is 18.0 Å². The molecular weight excluding hydrogens is 400 g/mol. The highest BCUT2D eigenvalue weighted by atomic mass is 15.3. The van der Waals surface area contributed by atoms with E-state index in [1.807, 2.05) is 18.5 Å². The van der Waals surface area contributed by atoms with Crippen LogP contribution in [0.4, 0.5) is 17.5 Å². The number of rotatable bonds is 3. The first-order valence-corrected chi connectivity index (χ1v) is 11.7. The zero-order valence-corrected chi connectivity index (χ0v) is 18.6. The van der Waals surface area contributed by atoms with Crippen molar-refractivity contribution in [3.8, 4) is 0 Å². The zero-order chi connectivity index (χ0) is 21.7. The summed E-state index contributed by atoms with van der Waals surface area (Å²) in [5.74, 6) is 1.34. The van der Waals surface area contributed by atoms with Crippen molar-refractivity contribution < 1.29 is 0 Å². The fourth-order valence-electron chi connectivity index (χ4n) is 5.35. The topological polar surface area (TPSA) is 74.1 Å². The highest BCUT2D eigenvalue weighted by Gasteiger charge is 2.34. The molecule has 1 saturated heterocycles. The number of nitrogens with one attached hydrogen (secondary N) is 2. The largest absolute Gasteiger partial charge is 0.379 e. The first kappa shape index (κ1) is 19.5. The Kier molecular flexibility index (Phi) is 4.75. The molecule has 2 fully saturated rings. The molecule has 32 heavy (non-hydrogen) atoms. The van der Waals surface area contributed by atoms with Crippen molar-refractivity contribution in [2.24, 2.45) is 0 Å². The molecule has 2 unspecified atom stereocenters. The number of piperazine rings is 1. The molecule has 8 heteroatoms. The van der Waals surface area contributed by atoms with Gasteiger partial charge in [-0.2, -0.15) is 4.98 Å². The van der Waals surface area contributed by atoms with Gasteiger partial charge in [0, 0.05) is 43.8 Å². The molecule has 0 radical (unpaired) electrons. The second-order valence-corrected chi connectivity index (χ2v) is 9.27. The van der Waals surface area contributed by atoms with E-state index < -0.39 is 0 Å². The Morgan fingerprint density at radius 3 is 2.72 bits per heavy atom. The summed E-state index contributed by atoms with van der Waals surface area (Å²) in [6, 6.07) is 7.15. The Morgan fingerprint density at radius 1 is 1.06 bits per heavy atom. The molecular formula is C24H30N8. The summed E-state index contributed by atoms with van der Waals surface area (Å²) in [6.07, 6.45) is 8.72. The number of pyridine rings is 1. The van der Waals surface area contributed by atoms with Gasteiger partial charge >= 0.3 is 0 Å². The molecule has 0 bridgehead atoms. The first-order valence-electron chi connectivity index (χ1n) is 11.7. The highest BCUT2D eigenvalue weighted by Crippen LogP contribution is 2.39. The lowest BCUT2D eigenvalue weighted by Crippen LogP contribution is -2.44.